The Balaban J connectivity index is 1.40. The molecule has 0 fully saturated rings. The summed E-state index contributed by atoms with van der Waals surface area (Å²) in [7, 11) is 1.63. The summed E-state index contributed by atoms with van der Waals surface area (Å²) in [5.41, 5.74) is 3.31. The Morgan fingerprint density at radius 3 is 2.73 bits per heavy atom. The van der Waals surface area contributed by atoms with E-state index < -0.39 is 0 Å². The zero-order valence-electron chi connectivity index (χ0n) is 16.3. The van der Waals surface area contributed by atoms with Crippen molar-refractivity contribution in [3.05, 3.63) is 67.0 Å². The number of rotatable bonds is 5. The summed E-state index contributed by atoms with van der Waals surface area (Å²) >= 11 is 0. The van der Waals surface area contributed by atoms with Gasteiger partial charge in [0.1, 0.15) is 36.3 Å². The standard InChI is InChI=1S/C21H17N7O2/c1-13-7-14(27-21-16-5-4-15(29-2)8-17(16)22-10-24-21)3-6-18(13)30-20-9-19-23-11-26-28(19)12-25-20/h3-12H,1-2H3,(H,22,24,27). The normalized spacial score (nSPS) is 11.0. The van der Waals surface area contributed by atoms with Crippen molar-refractivity contribution in [1.82, 2.24) is 29.5 Å². The summed E-state index contributed by atoms with van der Waals surface area (Å²) in [5.74, 6) is 2.63. The van der Waals surface area contributed by atoms with E-state index in [0.717, 1.165) is 33.7 Å². The molecule has 2 aromatic carbocycles. The lowest BCUT2D eigenvalue weighted by atomic mass is 10.2. The third-order valence-electron chi connectivity index (χ3n) is 4.64. The molecule has 5 aromatic rings. The van der Waals surface area contributed by atoms with Gasteiger partial charge in [0.25, 0.3) is 0 Å². The molecule has 0 bridgehead atoms. The van der Waals surface area contributed by atoms with Crippen molar-refractivity contribution in [3.8, 4) is 17.4 Å². The van der Waals surface area contributed by atoms with Crippen molar-refractivity contribution in [2.45, 2.75) is 6.92 Å². The van der Waals surface area contributed by atoms with Crippen molar-refractivity contribution in [2.24, 2.45) is 0 Å². The van der Waals surface area contributed by atoms with Gasteiger partial charge < -0.3 is 14.8 Å². The summed E-state index contributed by atoms with van der Waals surface area (Å²) in [4.78, 5) is 17.1. The van der Waals surface area contributed by atoms with Gasteiger partial charge in [-0.1, -0.05) is 0 Å². The van der Waals surface area contributed by atoms with E-state index in [2.05, 4.69) is 30.4 Å². The van der Waals surface area contributed by atoms with Gasteiger partial charge >= 0.3 is 0 Å². The topological polar surface area (TPSA) is 99.3 Å². The van der Waals surface area contributed by atoms with E-state index in [-0.39, 0.29) is 0 Å². The van der Waals surface area contributed by atoms with Crippen LogP contribution < -0.4 is 14.8 Å². The van der Waals surface area contributed by atoms with Gasteiger partial charge in [0.05, 0.1) is 12.6 Å². The highest BCUT2D eigenvalue weighted by Gasteiger charge is 2.09. The van der Waals surface area contributed by atoms with Crippen LogP contribution in [0.4, 0.5) is 11.5 Å². The fraction of sp³-hybridized carbons (Fsp3) is 0.0952. The van der Waals surface area contributed by atoms with E-state index in [0.29, 0.717) is 17.3 Å². The second kappa shape index (κ2) is 7.28. The lowest BCUT2D eigenvalue weighted by Crippen LogP contribution is -1.98. The highest BCUT2D eigenvalue weighted by atomic mass is 16.5. The minimum Gasteiger partial charge on any atom is -0.497 e. The van der Waals surface area contributed by atoms with Crippen LogP contribution in [-0.2, 0) is 0 Å². The number of aromatic nitrogens is 6. The molecule has 3 heterocycles. The second-order valence-corrected chi connectivity index (χ2v) is 6.60. The lowest BCUT2D eigenvalue weighted by Gasteiger charge is -2.12. The largest absolute Gasteiger partial charge is 0.497 e. The third kappa shape index (κ3) is 3.32. The molecule has 148 valence electrons. The molecule has 5 rings (SSSR count). The van der Waals surface area contributed by atoms with Gasteiger partial charge in [-0.2, -0.15) is 5.10 Å². The van der Waals surface area contributed by atoms with E-state index in [1.807, 2.05) is 43.3 Å². The number of hydrogen-bond acceptors (Lipinski definition) is 8. The maximum Gasteiger partial charge on any atom is 0.224 e. The van der Waals surface area contributed by atoms with Gasteiger partial charge in [-0.15, -0.1) is 0 Å². The molecule has 1 N–H and O–H groups in total. The number of methoxy groups -OCH3 is 1. The average molecular weight is 399 g/mol. The first-order valence-corrected chi connectivity index (χ1v) is 9.19. The molecule has 0 aliphatic rings. The number of benzene rings is 2. The fourth-order valence-electron chi connectivity index (χ4n) is 3.12. The fourth-order valence-corrected chi connectivity index (χ4v) is 3.12. The number of fused-ring (bicyclic) bond motifs is 2. The molecule has 9 heteroatoms. The second-order valence-electron chi connectivity index (χ2n) is 6.60. The van der Waals surface area contributed by atoms with Crippen LogP contribution >= 0.6 is 0 Å². The smallest absolute Gasteiger partial charge is 0.224 e. The monoisotopic (exact) mass is 399 g/mol. The predicted octanol–water partition coefficient (Wildman–Crippen LogP) is 3.92. The molecular formula is C21H17N7O2. The molecule has 0 radical (unpaired) electrons. The Labute approximate surface area is 171 Å². The summed E-state index contributed by atoms with van der Waals surface area (Å²) in [5, 5.41) is 8.29. The first-order valence-electron chi connectivity index (χ1n) is 9.19. The van der Waals surface area contributed by atoms with Crippen LogP contribution in [0.1, 0.15) is 5.56 Å². The first kappa shape index (κ1) is 17.8. The van der Waals surface area contributed by atoms with Gasteiger partial charge in [0.15, 0.2) is 5.65 Å². The molecule has 0 atom stereocenters. The molecule has 0 amide bonds. The first-order chi connectivity index (χ1) is 14.7. The molecule has 0 spiro atoms. The molecule has 9 nitrogen and oxygen atoms in total. The zero-order valence-corrected chi connectivity index (χ0v) is 16.3. The summed E-state index contributed by atoms with van der Waals surface area (Å²) in [6.45, 7) is 1.97. The Kier molecular flexibility index (Phi) is 4.32. The predicted molar refractivity (Wildman–Crippen MR) is 111 cm³/mol. The SMILES string of the molecule is COc1ccc2c(Nc3ccc(Oc4cc5ncnn5cn4)c(C)c3)ncnc2c1. The molecule has 0 aliphatic heterocycles. The van der Waals surface area contributed by atoms with Crippen LogP contribution in [0.2, 0.25) is 0 Å². The number of nitrogens with one attached hydrogen (secondary N) is 1. The van der Waals surface area contributed by atoms with Crippen LogP contribution in [0.5, 0.6) is 17.4 Å². The minimum atomic E-state index is 0.454. The Morgan fingerprint density at radius 2 is 1.87 bits per heavy atom. The Hall–Kier alpha value is -4.27. The molecule has 3 aromatic heterocycles. The van der Waals surface area contributed by atoms with Crippen molar-refractivity contribution in [3.63, 3.8) is 0 Å². The van der Waals surface area contributed by atoms with E-state index in [9.17, 15) is 0 Å². The van der Waals surface area contributed by atoms with Crippen LogP contribution in [0.15, 0.2) is 61.4 Å². The maximum atomic E-state index is 5.93. The third-order valence-corrected chi connectivity index (χ3v) is 4.64. The highest BCUT2D eigenvalue weighted by molar-refractivity contribution is 5.91. The van der Waals surface area contributed by atoms with Crippen molar-refractivity contribution < 1.29 is 9.47 Å². The van der Waals surface area contributed by atoms with Gasteiger partial charge in [-0.25, -0.2) is 24.5 Å². The number of aryl methyl sites for hydroxylation is 1. The van der Waals surface area contributed by atoms with Crippen LogP contribution in [0.3, 0.4) is 0 Å². The Bertz CT molecular complexity index is 1370. The van der Waals surface area contributed by atoms with E-state index in [1.54, 1.807) is 24.0 Å². The summed E-state index contributed by atoms with van der Waals surface area (Å²) < 4.78 is 12.8. The number of nitrogens with zero attached hydrogens (tertiary/aromatic N) is 6. The van der Waals surface area contributed by atoms with E-state index in [1.165, 1.54) is 12.7 Å². The van der Waals surface area contributed by atoms with E-state index in [4.69, 9.17) is 9.47 Å². The van der Waals surface area contributed by atoms with Crippen LogP contribution in [-0.4, -0.2) is 36.7 Å². The number of anilines is 2. The average Bonchev–Trinajstić information content (AvgIpc) is 3.23. The molecule has 0 saturated heterocycles. The van der Waals surface area contributed by atoms with E-state index >= 15 is 0 Å². The Morgan fingerprint density at radius 1 is 0.933 bits per heavy atom. The van der Waals surface area contributed by atoms with Gasteiger partial charge in [0.2, 0.25) is 5.88 Å². The van der Waals surface area contributed by atoms with Crippen molar-refractivity contribution >= 4 is 28.1 Å². The molecular weight excluding hydrogens is 382 g/mol. The zero-order chi connectivity index (χ0) is 20.5. The molecule has 0 unspecified atom stereocenters. The van der Waals surface area contributed by atoms with Crippen molar-refractivity contribution in [2.75, 3.05) is 12.4 Å². The molecule has 30 heavy (non-hydrogen) atoms. The lowest BCUT2D eigenvalue weighted by molar-refractivity contribution is 0.415. The van der Waals surface area contributed by atoms with Gasteiger partial charge in [0, 0.05) is 23.2 Å². The van der Waals surface area contributed by atoms with Gasteiger partial charge in [-0.05, 0) is 42.8 Å². The van der Waals surface area contributed by atoms with Crippen LogP contribution in [0.25, 0.3) is 16.6 Å². The molecule has 0 saturated carbocycles. The minimum absolute atomic E-state index is 0.454. The quantitative estimate of drug-likeness (QED) is 0.475. The molecule has 0 aliphatic carbocycles. The summed E-state index contributed by atoms with van der Waals surface area (Å²) in [6, 6.07) is 13.2. The number of hydrogen-bond donors (Lipinski definition) is 1. The van der Waals surface area contributed by atoms with Crippen molar-refractivity contribution in [1.29, 1.82) is 0 Å². The van der Waals surface area contributed by atoms with Gasteiger partial charge in [-0.3, -0.25) is 0 Å². The maximum absolute atomic E-state index is 5.93. The number of ether oxygens (including phenoxy) is 2. The van der Waals surface area contributed by atoms with Crippen LogP contribution in [0, 0.1) is 6.92 Å². The highest BCUT2D eigenvalue weighted by Crippen LogP contribution is 2.30. The summed E-state index contributed by atoms with van der Waals surface area (Å²) in [6.07, 6.45) is 4.57.